The van der Waals surface area contributed by atoms with E-state index in [4.69, 9.17) is 0 Å². The van der Waals surface area contributed by atoms with Crippen molar-refractivity contribution in [1.82, 2.24) is 0 Å². The van der Waals surface area contributed by atoms with Crippen LogP contribution in [0.5, 0.6) is 0 Å². The Bertz CT molecular complexity index is 1020. The SMILES string of the molecule is CCc1ccccc1NC(=O)[C@@H](C)CS(=O)(=O)c1ccc2c(c1)NC(=O)CS2. The van der Waals surface area contributed by atoms with E-state index < -0.39 is 15.8 Å². The first kappa shape index (κ1) is 20.4. The van der Waals surface area contributed by atoms with Crippen LogP contribution in [0.1, 0.15) is 19.4 Å². The van der Waals surface area contributed by atoms with E-state index in [9.17, 15) is 18.0 Å². The predicted octanol–water partition coefficient (Wildman–Crippen LogP) is 3.34. The van der Waals surface area contributed by atoms with Gasteiger partial charge >= 0.3 is 0 Å². The molecule has 0 saturated carbocycles. The van der Waals surface area contributed by atoms with Gasteiger partial charge in [0.15, 0.2) is 9.84 Å². The fraction of sp³-hybridized carbons (Fsp3) is 0.300. The van der Waals surface area contributed by atoms with Gasteiger partial charge in [0.2, 0.25) is 11.8 Å². The summed E-state index contributed by atoms with van der Waals surface area (Å²) in [4.78, 5) is 25.0. The number of benzene rings is 2. The van der Waals surface area contributed by atoms with E-state index >= 15 is 0 Å². The van der Waals surface area contributed by atoms with Crippen LogP contribution in [0.15, 0.2) is 52.3 Å². The molecule has 1 aliphatic heterocycles. The fourth-order valence-corrected chi connectivity index (χ4v) is 5.33. The molecular weight excluding hydrogens is 396 g/mol. The molecule has 2 amide bonds. The fourth-order valence-electron chi connectivity index (χ4n) is 2.96. The molecule has 0 unspecified atom stereocenters. The monoisotopic (exact) mass is 418 g/mol. The highest BCUT2D eigenvalue weighted by Gasteiger charge is 2.25. The van der Waals surface area contributed by atoms with Crippen molar-refractivity contribution in [3.63, 3.8) is 0 Å². The summed E-state index contributed by atoms with van der Waals surface area (Å²) in [7, 11) is -3.68. The van der Waals surface area contributed by atoms with E-state index in [2.05, 4.69) is 10.6 Å². The van der Waals surface area contributed by atoms with Crippen molar-refractivity contribution in [3.05, 3.63) is 48.0 Å². The minimum absolute atomic E-state index is 0.0997. The van der Waals surface area contributed by atoms with Crippen molar-refractivity contribution in [3.8, 4) is 0 Å². The van der Waals surface area contributed by atoms with Gasteiger partial charge in [0.05, 0.1) is 22.1 Å². The topological polar surface area (TPSA) is 92.3 Å². The lowest BCUT2D eigenvalue weighted by Crippen LogP contribution is -2.27. The minimum atomic E-state index is -3.68. The maximum Gasteiger partial charge on any atom is 0.234 e. The molecule has 1 atom stereocenters. The average Bonchev–Trinajstić information content (AvgIpc) is 2.67. The van der Waals surface area contributed by atoms with Crippen molar-refractivity contribution in [2.24, 2.45) is 5.92 Å². The molecule has 0 aromatic heterocycles. The maximum atomic E-state index is 12.8. The molecule has 1 aliphatic rings. The lowest BCUT2D eigenvalue weighted by atomic mass is 10.1. The number of nitrogens with one attached hydrogen (secondary N) is 2. The molecule has 6 nitrogen and oxygen atoms in total. The predicted molar refractivity (Wildman–Crippen MR) is 111 cm³/mol. The number of para-hydroxylation sites is 1. The Balaban J connectivity index is 1.74. The number of fused-ring (bicyclic) bond motifs is 1. The Labute approximate surface area is 169 Å². The number of hydrogen-bond donors (Lipinski definition) is 2. The van der Waals surface area contributed by atoms with Gasteiger partial charge in [-0.05, 0) is 36.2 Å². The molecule has 28 heavy (non-hydrogen) atoms. The van der Waals surface area contributed by atoms with Gasteiger partial charge in [-0.15, -0.1) is 11.8 Å². The molecule has 0 spiro atoms. The van der Waals surface area contributed by atoms with Crippen molar-refractivity contribution in [1.29, 1.82) is 0 Å². The highest BCUT2D eigenvalue weighted by atomic mass is 32.2. The molecule has 0 aliphatic carbocycles. The lowest BCUT2D eigenvalue weighted by Gasteiger charge is -2.18. The first-order chi connectivity index (χ1) is 13.3. The summed E-state index contributed by atoms with van der Waals surface area (Å²) < 4.78 is 25.6. The summed E-state index contributed by atoms with van der Waals surface area (Å²) >= 11 is 1.37. The highest BCUT2D eigenvalue weighted by molar-refractivity contribution is 8.00. The molecule has 0 bridgehead atoms. The summed E-state index contributed by atoms with van der Waals surface area (Å²) in [5, 5.41) is 5.52. The van der Waals surface area contributed by atoms with Crippen molar-refractivity contribution in [2.75, 3.05) is 22.1 Å². The number of carbonyl (C=O) groups is 2. The van der Waals surface area contributed by atoms with E-state index in [0.717, 1.165) is 16.9 Å². The molecule has 148 valence electrons. The van der Waals surface area contributed by atoms with E-state index in [-0.39, 0.29) is 22.5 Å². The second-order valence-corrected chi connectivity index (χ2v) is 9.73. The second kappa shape index (κ2) is 8.36. The molecular formula is C20H22N2O4S2. The summed E-state index contributed by atoms with van der Waals surface area (Å²) in [5.74, 6) is -1.22. The van der Waals surface area contributed by atoms with Crippen molar-refractivity contribution >= 4 is 44.8 Å². The van der Waals surface area contributed by atoms with Gasteiger partial charge in [-0.3, -0.25) is 9.59 Å². The van der Waals surface area contributed by atoms with Crippen LogP contribution in [0.2, 0.25) is 0 Å². The molecule has 0 radical (unpaired) electrons. The van der Waals surface area contributed by atoms with Crippen LogP contribution in [0.25, 0.3) is 0 Å². The van der Waals surface area contributed by atoms with E-state index in [1.807, 2.05) is 31.2 Å². The Morgan fingerprint density at radius 1 is 1.25 bits per heavy atom. The Hall–Kier alpha value is -2.32. The molecule has 2 N–H and O–H groups in total. The van der Waals surface area contributed by atoms with Crippen LogP contribution in [0.3, 0.4) is 0 Å². The van der Waals surface area contributed by atoms with Gasteiger partial charge in [-0.2, -0.15) is 0 Å². The zero-order valence-electron chi connectivity index (χ0n) is 15.7. The minimum Gasteiger partial charge on any atom is -0.326 e. The average molecular weight is 419 g/mol. The Kier molecular flexibility index (Phi) is 6.10. The number of aryl methyl sites for hydroxylation is 1. The zero-order valence-corrected chi connectivity index (χ0v) is 17.3. The molecule has 0 fully saturated rings. The zero-order chi connectivity index (χ0) is 20.3. The molecule has 2 aromatic carbocycles. The van der Waals surface area contributed by atoms with E-state index in [1.165, 1.54) is 23.9 Å². The number of thioether (sulfide) groups is 1. The lowest BCUT2D eigenvalue weighted by molar-refractivity contribution is -0.118. The smallest absolute Gasteiger partial charge is 0.234 e. The molecule has 2 aromatic rings. The molecule has 1 heterocycles. The van der Waals surface area contributed by atoms with E-state index in [1.54, 1.807) is 13.0 Å². The summed E-state index contributed by atoms with van der Waals surface area (Å²) in [6.45, 7) is 3.59. The van der Waals surface area contributed by atoms with Crippen LogP contribution < -0.4 is 10.6 Å². The third-order valence-electron chi connectivity index (χ3n) is 4.52. The largest absolute Gasteiger partial charge is 0.326 e. The normalized spacial score (nSPS) is 14.7. The summed E-state index contributed by atoms with van der Waals surface area (Å²) in [5.41, 5.74) is 2.19. The number of rotatable bonds is 6. The third kappa shape index (κ3) is 4.56. The third-order valence-corrected chi connectivity index (χ3v) is 7.50. The van der Waals surface area contributed by atoms with Gasteiger partial charge in [0.25, 0.3) is 0 Å². The van der Waals surface area contributed by atoms with E-state index in [0.29, 0.717) is 17.1 Å². The van der Waals surface area contributed by atoms with Gasteiger partial charge < -0.3 is 10.6 Å². The van der Waals surface area contributed by atoms with Crippen LogP contribution in [-0.4, -0.2) is 31.7 Å². The van der Waals surface area contributed by atoms with Gasteiger partial charge in [0.1, 0.15) is 0 Å². The number of sulfone groups is 1. The molecule has 8 heteroatoms. The van der Waals surface area contributed by atoms with Crippen molar-refractivity contribution in [2.45, 2.75) is 30.1 Å². The number of carbonyl (C=O) groups excluding carboxylic acids is 2. The van der Waals surface area contributed by atoms with Crippen molar-refractivity contribution < 1.29 is 18.0 Å². The maximum absolute atomic E-state index is 12.8. The van der Waals surface area contributed by atoms with Gasteiger partial charge in [-0.1, -0.05) is 32.0 Å². The quantitative estimate of drug-likeness (QED) is 0.751. The first-order valence-electron chi connectivity index (χ1n) is 8.98. The summed E-state index contributed by atoms with van der Waals surface area (Å²) in [6, 6.07) is 12.1. The Morgan fingerprint density at radius 2 is 2.00 bits per heavy atom. The van der Waals surface area contributed by atoms with Crippen LogP contribution in [-0.2, 0) is 25.8 Å². The molecule has 0 saturated heterocycles. The first-order valence-corrected chi connectivity index (χ1v) is 11.6. The second-order valence-electron chi connectivity index (χ2n) is 6.68. The van der Waals surface area contributed by atoms with Gasteiger partial charge in [0, 0.05) is 16.5 Å². The van der Waals surface area contributed by atoms with Crippen LogP contribution in [0.4, 0.5) is 11.4 Å². The number of anilines is 2. The standard InChI is InChI=1S/C20H22N2O4S2/c1-3-14-6-4-5-7-16(14)22-20(24)13(2)12-28(25,26)15-8-9-18-17(10-15)21-19(23)11-27-18/h4-10,13H,3,11-12H2,1-2H3,(H,21,23)(H,22,24)/t13-/m0/s1. The molecule has 3 rings (SSSR count). The highest BCUT2D eigenvalue weighted by Crippen LogP contribution is 2.33. The van der Waals surface area contributed by atoms with Gasteiger partial charge in [-0.25, -0.2) is 8.42 Å². The Morgan fingerprint density at radius 3 is 2.75 bits per heavy atom. The summed E-state index contributed by atoms with van der Waals surface area (Å²) in [6.07, 6.45) is 0.766. The van der Waals surface area contributed by atoms with Crippen LogP contribution in [0, 0.1) is 5.92 Å². The number of hydrogen-bond acceptors (Lipinski definition) is 5. The van der Waals surface area contributed by atoms with Crippen LogP contribution >= 0.6 is 11.8 Å². The number of amides is 2.